The molecular formula is C18H17ClF2N2O3S. The first kappa shape index (κ1) is 19.7. The molecule has 1 fully saturated rings. The standard InChI is InChI=1S/C18H17ClF2N2O3S/c19-13-3-8-17(16(21)10-13)22-18(24)12-2-1-9-23(11-12)27(25,26)15-6-4-14(20)5-7-15/h3-8,10,12H,1-2,9,11H2,(H,22,24)/t12-/m0/s1. The maximum Gasteiger partial charge on any atom is 0.243 e. The number of amides is 1. The van der Waals surface area contributed by atoms with E-state index in [4.69, 9.17) is 11.6 Å². The molecule has 0 bridgehead atoms. The summed E-state index contributed by atoms with van der Waals surface area (Å²) in [6, 6.07) is 8.42. The fraction of sp³-hybridized carbons (Fsp3) is 0.278. The fourth-order valence-electron chi connectivity index (χ4n) is 2.96. The van der Waals surface area contributed by atoms with E-state index in [1.165, 1.54) is 28.6 Å². The van der Waals surface area contributed by atoms with E-state index in [1.807, 2.05) is 0 Å². The minimum absolute atomic E-state index is 0.0112. The Kier molecular flexibility index (Phi) is 5.78. The van der Waals surface area contributed by atoms with Gasteiger partial charge in [0.1, 0.15) is 11.6 Å². The van der Waals surface area contributed by atoms with Gasteiger partial charge in [0.05, 0.1) is 16.5 Å². The van der Waals surface area contributed by atoms with Crippen molar-refractivity contribution in [2.45, 2.75) is 17.7 Å². The molecule has 0 saturated carbocycles. The first-order chi connectivity index (χ1) is 12.8. The summed E-state index contributed by atoms with van der Waals surface area (Å²) in [5, 5.41) is 2.69. The number of nitrogens with one attached hydrogen (secondary N) is 1. The molecule has 0 aromatic heterocycles. The molecule has 0 radical (unpaired) electrons. The van der Waals surface area contributed by atoms with Gasteiger partial charge >= 0.3 is 0 Å². The summed E-state index contributed by atoms with van der Waals surface area (Å²) >= 11 is 5.69. The number of carbonyl (C=O) groups is 1. The summed E-state index contributed by atoms with van der Waals surface area (Å²) in [4.78, 5) is 12.4. The van der Waals surface area contributed by atoms with Crippen LogP contribution in [0.1, 0.15) is 12.8 Å². The summed E-state index contributed by atoms with van der Waals surface area (Å²) in [6.45, 7) is 0.236. The number of piperidine rings is 1. The number of anilines is 1. The summed E-state index contributed by atoms with van der Waals surface area (Å²) in [5.74, 6) is -2.28. The molecule has 0 aliphatic carbocycles. The van der Waals surface area contributed by atoms with Crippen LogP contribution in [0.25, 0.3) is 0 Å². The highest BCUT2D eigenvalue weighted by atomic mass is 35.5. The fourth-order valence-corrected chi connectivity index (χ4v) is 4.64. The van der Waals surface area contributed by atoms with E-state index in [2.05, 4.69) is 5.32 Å². The van der Waals surface area contributed by atoms with Crippen LogP contribution in [-0.4, -0.2) is 31.7 Å². The molecule has 9 heteroatoms. The van der Waals surface area contributed by atoms with Crippen LogP contribution in [0.15, 0.2) is 47.4 Å². The van der Waals surface area contributed by atoms with Gasteiger partial charge in [0, 0.05) is 18.1 Å². The van der Waals surface area contributed by atoms with E-state index in [0.717, 1.165) is 18.2 Å². The third kappa shape index (κ3) is 4.45. The van der Waals surface area contributed by atoms with E-state index in [0.29, 0.717) is 12.8 Å². The highest BCUT2D eigenvalue weighted by molar-refractivity contribution is 7.89. The van der Waals surface area contributed by atoms with Crippen molar-refractivity contribution in [3.8, 4) is 0 Å². The third-order valence-corrected chi connectivity index (χ3v) is 6.51. The molecule has 1 N–H and O–H groups in total. The molecule has 0 unspecified atom stereocenters. The summed E-state index contributed by atoms with van der Waals surface area (Å²) < 4.78 is 53.5. The van der Waals surface area contributed by atoms with Crippen molar-refractivity contribution >= 4 is 33.2 Å². The number of hydrogen-bond donors (Lipinski definition) is 1. The Balaban J connectivity index is 1.73. The van der Waals surface area contributed by atoms with Gasteiger partial charge in [0.25, 0.3) is 0 Å². The zero-order chi connectivity index (χ0) is 19.6. The molecule has 144 valence electrons. The summed E-state index contributed by atoms with van der Waals surface area (Å²) in [5.41, 5.74) is -0.0112. The highest BCUT2D eigenvalue weighted by Crippen LogP contribution is 2.26. The van der Waals surface area contributed by atoms with E-state index >= 15 is 0 Å². The molecule has 3 rings (SSSR count). The van der Waals surface area contributed by atoms with Crippen LogP contribution >= 0.6 is 11.6 Å². The van der Waals surface area contributed by atoms with Crippen molar-refractivity contribution in [1.82, 2.24) is 4.31 Å². The number of nitrogens with zero attached hydrogens (tertiary/aromatic N) is 1. The number of sulfonamides is 1. The molecule has 2 aromatic carbocycles. The molecule has 27 heavy (non-hydrogen) atoms. The lowest BCUT2D eigenvalue weighted by Crippen LogP contribution is -2.43. The van der Waals surface area contributed by atoms with Crippen molar-refractivity contribution in [2.75, 3.05) is 18.4 Å². The minimum atomic E-state index is -3.84. The van der Waals surface area contributed by atoms with Gasteiger partial charge in [-0.2, -0.15) is 4.31 Å². The van der Waals surface area contributed by atoms with E-state index < -0.39 is 33.5 Å². The van der Waals surface area contributed by atoms with Gasteiger partial charge in [-0.1, -0.05) is 11.6 Å². The molecule has 5 nitrogen and oxygen atoms in total. The van der Waals surface area contributed by atoms with E-state index in [9.17, 15) is 22.0 Å². The van der Waals surface area contributed by atoms with Crippen LogP contribution in [0.2, 0.25) is 5.02 Å². The summed E-state index contributed by atoms with van der Waals surface area (Å²) in [7, 11) is -3.84. The van der Waals surface area contributed by atoms with Crippen LogP contribution in [-0.2, 0) is 14.8 Å². The third-order valence-electron chi connectivity index (χ3n) is 4.40. The Bertz CT molecular complexity index is 952. The SMILES string of the molecule is O=C(Nc1ccc(Cl)cc1F)[C@H]1CCCN(S(=O)(=O)c2ccc(F)cc2)C1. The van der Waals surface area contributed by atoms with Crippen molar-refractivity contribution < 1.29 is 22.0 Å². The molecule has 1 saturated heterocycles. The second-order valence-electron chi connectivity index (χ2n) is 6.27. The van der Waals surface area contributed by atoms with Gasteiger partial charge in [-0.05, 0) is 55.3 Å². The molecule has 2 aromatic rings. The summed E-state index contributed by atoms with van der Waals surface area (Å²) in [6.07, 6.45) is 0.970. The second kappa shape index (κ2) is 7.92. The normalized spacial score (nSPS) is 18.3. The van der Waals surface area contributed by atoms with Crippen molar-refractivity contribution in [2.24, 2.45) is 5.92 Å². The molecular weight excluding hydrogens is 398 g/mol. The van der Waals surface area contributed by atoms with Gasteiger partial charge in [-0.3, -0.25) is 4.79 Å². The Morgan fingerprint density at radius 3 is 2.52 bits per heavy atom. The Morgan fingerprint density at radius 2 is 1.85 bits per heavy atom. The van der Waals surface area contributed by atoms with Crippen LogP contribution in [0.3, 0.4) is 0 Å². The van der Waals surface area contributed by atoms with Crippen LogP contribution < -0.4 is 5.32 Å². The van der Waals surface area contributed by atoms with Gasteiger partial charge in [-0.25, -0.2) is 17.2 Å². The largest absolute Gasteiger partial charge is 0.323 e. The maximum absolute atomic E-state index is 13.9. The number of benzene rings is 2. The molecule has 1 heterocycles. The lowest BCUT2D eigenvalue weighted by atomic mass is 9.98. The zero-order valence-electron chi connectivity index (χ0n) is 14.2. The maximum atomic E-state index is 13.9. The number of rotatable bonds is 4. The zero-order valence-corrected chi connectivity index (χ0v) is 15.7. The lowest BCUT2D eigenvalue weighted by Gasteiger charge is -2.31. The number of halogens is 3. The lowest BCUT2D eigenvalue weighted by molar-refractivity contribution is -0.120. The average Bonchev–Trinajstić information content (AvgIpc) is 2.64. The Hall–Kier alpha value is -2.03. The minimum Gasteiger partial charge on any atom is -0.323 e. The molecule has 1 aliphatic heterocycles. The van der Waals surface area contributed by atoms with Gasteiger partial charge in [0.15, 0.2) is 0 Å². The predicted octanol–water partition coefficient (Wildman–Crippen LogP) is 3.66. The molecule has 1 amide bonds. The first-order valence-corrected chi connectivity index (χ1v) is 10.1. The van der Waals surface area contributed by atoms with Crippen LogP contribution in [0, 0.1) is 17.6 Å². The second-order valence-corrected chi connectivity index (χ2v) is 8.64. The quantitative estimate of drug-likeness (QED) is 0.830. The van der Waals surface area contributed by atoms with E-state index in [1.54, 1.807) is 0 Å². The molecule has 0 spiro atoms. The Morgan fingerprint density at radius 1 is 1.15 bits per heavy atom. The monoisotopic (exact) mass is 414 g/mol. The molecule has 1 aliphatic rings. The topological polar surface area (TPSA) is 66.5 Å². The first-order valence-electron chi connectivity index (χ1n) is 8.29. The average molecular weight is 415 g/mol. The Labute approximate surface area is 161 Å². The molecule has 1 atom stereocenters. The van der Waals surface area contributed by atoms with E-state index in [-0.39, 0.29) is 28.7 Å². The smallest absolute Gasteiger partial charge is 0.243 e. The van der Waals surface area contributed by atoms with Crippen molar-refractivity contribution in [3.63, 3.8) is 0 Å². The van der Waals surface area contributed by atoms with Crippen LogP contribution in [0.5, 0.6) is 0 Å². The predicted molar refractivity (Wildman–Crippen MR) is 97.9 cm³/mol. The van der Waals surface area contributed by atoms with Gasteiger partial charge in [-0.15, -0.1) is 0 Å². The number of hydrogen-bond acceptors (Lipinski definition) is 3. The highest BCUT2D eigenvalue weighted by Gasteiger charge is 2.33. The van der Waals surface area contributed by atoms with Gasteiger partial charge in [0.2, 0.25) is 15.9 Å². The van der Waals surface area contributed by atoms with Crippen molar-refractivity contribution in [1.29, 1.82) is 0 Å². The van der Waals surface area contributed by atoms with Gasteiger partial charge < -0.3 is 5.32 Å². The van der Waals surface area contributed by atoms with Crippen molar-refractivity contribution in [3.05, 3.63) is 59.1 Å². The van der Waals surface area contributed by atoms with Crippen LogP contribution in [0.4, 0.5) is 14.5 Å². The number of carbonyl (C=O) groups excluding carboxylic acids is 1.